The third-order valence-corrected chi connectivity index (χ3v) is 4.60. The second-order valence-corrected chi connectivity index (χ2v) is 7.27. The molecular formula is C20H16Cl4N2O2. The lowest BCUT2D eigenvalue weighted by Gasteiger charge is -2.04. The van der Waals surface area contributed by atoms with E-state index in [0.717, 1.165) is 0 Å². The zero-order valence-corrected chi connectivity index (χ0v) is 17.5. The Morgan fingerprint density at radius 1 is 0.714 bits per heavy atom. The van der Waals surface area contributed by atoms with Gasteiger partial charge in [-0.05, 0) is 47.5 Å². The monoisotopic (exact) mass is 456 g/mol. The van der Waals surface area contributed by atoms with Crippen LogP contribution in [-0.2, 0) is 9.59 Å². The average Bonchev–Trinajstić information content (AvgIpc) is 2.64. The van der Waals surface area contributed by atoms with Crippen molar-refractivity contribution in [1.82, 2.24) is 10.6 Å². The smallest absolute Gasteiger partial charge is 0.244 e. The first-order valence-corrected chi connectivity index (χ1v) is 9.68. The Morgan fingerprint density at radius 3 is 1.46 bits per heavy atom. The van der Waals surface area contributed by atoms with Crippen molar-refractivity contribution in [3.8, 4) is 0 Å². The van der Waals surface area contributed by atoms with E-state index < -0.39 is 0 Å². The molecule has 0 aliphatic heterocycles. The lowest BCUT2D eigenvalue weighted by Crippen LogP contribution is -2.33. The van der Waals surface area contributed by atoms with Crippen molar-refractivity contribution < 1.29 is 9.59 Å². The fourth-order valence-electron chi connectivity index (χ4n) is 2.09. The summed E-state index contributed by atoms with van der Waals surface area (Å²) < 4.78 is 0. The van der Waals surface area contributed by atoms with Crippen molar-refractivity contribution in [3.05, 3.63) is 79.8 Å². The van der Waals surface area contributed by atoms with Gasteiger partial charge in [-0.15, -0.1) is 0 Å². The summed E-state index contributed by atoms with van der Waals surface area (Å²) in [6.07, 6.45) is 5.90. The molecule has 0 heterocycles. The maximum absolute atomic E-state index is 11.8. The summed E-state index contributed by atoms with van der Waals surface area (Å²) in [6.45, 7) is 0.553. The van der Waals surface area contributed by atoms with Crippen molar-refractivity contribution in [2.45, 2.75) is 0 Å². The van der Waals surface area contributed by atoms with E-state index >= 15 is 0 Å². The summed E-state index contributed by atoms with van der Waals surface area (Å²) in [6, 6.07) is 10.0. The molecule has 2 aromatic carbocycles. The van der Waals surface area contributed by atoms with Crippen LogP contribution < -0.4 is 10.6 Å². The van der Waals surface area contributed by atoms with Gasteiger partial charge in [-0.1, -0.05) is 58.5 Å². The Bertz CT molecular complexity index is 851. The van der Waals surface area contributed by atoms with E-state index in [4.69, 9.17) is 46.4 Å². The zero-order chi connectivity index (χ0) is 20.5. The molecule has 0 unspecified atom stereocenters. The number of hydrogen-bond donors (Lipinski definition) is 2. The van der Waals surface area contributed by atoms with Gasteiger partial charge in [-0.2, -0.15) is 0 Å². The summed E-state index contributed by atoms with van der Waals surface area (Å²) in [5.74, 6) is -0.604. The molecule has 0 aromatic heterocycles. The van der Waals surface area contributed by atoms with Crippen molar-refractivity contribution in [3.63, 3.8) is 0 Å². The molecule has 0 spiro atoms. The van der Waals surface area contributed by atoms with Gasteiger partial charge in [-0.25, -0.2) is 0 Å². The second kappa shape index (κ2) is 11.1. The molecule has 0 fully saturated rings. The van der Waals surface area contributed by atoms with E-state index in [-0.39, 0.29) is 24.9 Å². The zero-order valence-electron chi connectivity index (χ0n) is 14.5. The molecule has 28 heavy (non-hydrogen) atoms. The highest BCUT2D eigenvalue weighted by atomic mass is 35.5. The number of amides is 2. The van der Waals surface area contributed by atoms with Gasteiger partial charge in [0.15, 0.2) is 0 Å². The Balaban J connectivity index is 1.72. The van der Waals surface area contributed by atoms with Crippen LogP contribution in [0.15, 0.2) is 48.6 Å². The molecule has 2 amide bonds. The molecule has 146 valence electrons. The number of rotatable bonds is 7. The van der Waals surface area contributed by atoms with Crippen molar-refractivity contribution in [1.29, 1.82) is 0 Å². The number of hydrogen-bond acceptors (Lipinski definition) is 2. The first-order valence-electron chi connectivity index (χ1n) is 8.17. The van der Waals surface area contributed by atoms with Crippen LogP contribution in [0.25, 0.3) is 12.2 Å². The minimum Gasteiger partial charge on any atom is -0.351 e. The van der Waals surface area contributed by atoms with Crippen LogP contribution >= 0.6 is 46.4 Å². The third kappa shape index (κ3) is 7.56. The molecule has 8 heteroatoms. The predicted molar refractivity (Wildman–Crippen MR) is 117 cm³/mol. The fraction of sp³-hybridized carbons (Fsp3) is 0.100. The van der Waals surface area contributed by atoms with Gasteiger partial charge in [0.2, 0.25) is 11.8 Å². The topological polar surface area (TPSA) is 58.2 Å². The summed E-state index contributed by atoms with van der Waals surface area (Å²) in [4.78, 5) is 23.6. The lowest BCUT2D eigenvalue weighted by atomic mass is 10.2. The van der Waals surface area contributed by atoms with Crippen molar-refractivity contribution in [2.24, 2.45) is 0 Å². The maximum atomic E-state index is 11.8. The lowest BCUT2D eigenvalue weighted by molar-refractivity contribution is -0.118. The Labute approximate surface area is 183 Å². The normalized spacial score (nSPS) is 11.1. The molecule has 0 aliphatic rings. The van der Waals surface area contributed by atoms with Crippen LogP contribution in [-0.4, -0.2) is 24.9 Å². The molecule has 2 N–H and O–H groups in total. The Morgan fingerprint density at radius 2 is 1.11 bits per heavy atom. The van der Waals surface area contributed by atoms with Gasteiger partial charge in [0, 0.05) is 45.3 Å². The molecule has 4 nitrogen and oxygen atoms in total. The van der Waals surface area contributed by atoms with Crippen molar-refractivity contribution in [2.75, 3.05) is 13.1 Å². The number of carbonyl (C=O) groups excluding carboxylic acids is 2. The minimum atomic E-state index is -0.302. The summed E-state index contributed by atoms with van der Waals surface area (Å²) in [7, 11) is 0. The third-order valence-electron chi connectivity index (χ3n) is 3.48. The van der Waals surface area contributed by atoms with Crippen LogP contribution in [0.5, 0.6) is 0 Å². The van der Waals surface area contributed by atoms with Crippen LogP contribution in [0, 0.1) is 0 Å². The molecule has 0 atom stereocenters. The fourth-order valence-corrected chi connectivity index (χ4v) is 3.04. The summed E-state index contributed by atoms with van der Waals surface area (Å²) in [5, 5.41) is 7.27. The Kier molecular flexibility index (Phi) is 8.87. The highest BCUT2D eigenvalue weighted by molar-refractivity contribution is 6.36. The first kappa shape index (κ1) is 22.3. The summed E-state index contributed by atoms with van der Waals surface area (Å²) >= 11 is 23.7. The number of benzene rings is 2. The van der Waals surface area contributed by atoms with E-state index in [1.165, 1.54) is 12.2 Å². The van der Waals surface area contributed by atoms with Crippen LogP contribution in [0.1, 0.15) is 11.1 Å². The maximum Gasteiger partial charge on any atom is 0.244 e. The molecule has 0 saturated carbocycles. The van der Waals surface area contributed by atoms with Gasteiger partial charge in [0.05, 0.1) is 0 Å². The van der Waals surface area contributed by atoms with Crippen LogP contribution in [0.4, 0.5) is 0 Å². The molecule has 0 bridgehead atoms. The van der Waals surface area contributed by atoms with E-state index in [2.05, 4.69) is 10.6 Å². The largest absolute Gasteiger partial charge is 0.351 e. The summed E-state index contributed by atoms with van der Waals surface area (Å²) in [5.41, 5.74) is 1.36. The van der Waals surface area contributed by atoms with Crippen LogP contribution in [0.2, 0.25) is 20.1 Å². The quantitative estimate of drug-likeness (QED) is 0.440. The molecule has 0 saturated heterocycles. The SMILES string of the molecule is O=C(/C=C/c1ccc(Cl)cc1Cl)NCCNC(=O)/C=C/c1ccc(Cl)cc1Cl. The standard InChI is InChI=1S/C20H16Cl4N2O2/c21-15-5-1-13(17(23)11-15)3-7-19(27)25-9-10-26-20(28)8-4-14-2-6-16(22)12-18(14)24/h1-8,11-12H,9-10H2,(H,25,27)(H,26,28)/b7-3+,8-4+. The molecular weight excluding hydrogens is 442 g/mol. The molecule has 0 aliphatic carbocycles. The van der Waals surface area contributed by atoms with Gasteiger partial charge in [-0.3, -0.25) is 9.59 Å². The van der Waals surface area contributed by atoms with Gasteiger partial charge in [0.1, 0.15) is 0 Å². The number of carbonyl (C=O) groups is 2. The molecule has 2 rings (SSSR count). The predicted octanol–water partition coefficient (Wildman–Crippen LogP) is 5.26. The van der Waals surface area contributed by atoms with Crippen molar-refractivity contribution >= 4 is 70.4 Å². The van der Waals surface area contributed by atoms with Gasteiger partial charge in [0.25, 0.3) is 0 Å². The van der Waals surface area contributed by atoms with Gasteiger partial charge >= 0.3 is 0 Å². The van der Waals surface area contributed by atoms with E-state index in [0.29, 0.717) is 31.2 Å². The van der Waals surface area contributed by atoms with E-state index in [1.54, 1.807) is 48.6 Å². The van der Waals surface area contributed by atoms with Crippen LogP contribution in [0.3, 0.4) is 0 Å². The molecule has 2 aromatic rings. The highest BCUT2D eigenvalue weighted by Gasteiger charge is 2.01. The van der Waals surface area contributed by atoms with E-state index in [1.807, 2.05) is 0 Å². The first-order chi connectivity index (χ1) is 13.3. The highest BCUT2D eigenvalue weighted by Crippen LogP contribution is 2.22. The van der Waals surface area contributed by atoms with Gasteiger partial charge < -0.3 is 10.6 Å². The second-order valence-electron chi connectivity index (χ2n) is 5.58. The van der Waals surface area contributed by atoms with E-state index in [9.17, 15) is 9.59 Å². The number of nitrogens with one attached hydrogen (secondary N) is 2. The average molecular weight is 458 g/mol. The number of halogens is 4. The minimum absolute atomic E-state index is 0.277. The Hall–Kier alpha value is -1.98. The molecule has 0 radical (unpaired) electrons.